The fourth-order valence-corrected chi connectivity index (χ4v) is 2.30. The van der Waals surface area contributed by atoms with Gasteiger partial charge < -0.3 is 0 Å². The fourth-order valence-electron chi connectivity index (χ4n) is 2.30. The molecule has 0 bridgehead atoms. The summed E-state index contributed by atoms with van der Waals surface area (Å²) in [6, 6.07) is 0. The van der Waals surface area contributed by atoms with Crippen LogP contribution in [0.2, 0.25) is 0 Å². The van der Waals surface area contributed by atoms with Crippen LogP contribution in [0.25, 0.3) is 0 Å². The normalized spacial score (nSPS) is 19.5. The van der Waals surface area contributed by atoms with Crippen LogP contribution in [0.3, 0.4) is 0 Å². The third-order valence-electron chi connectivity index (χ3n) is 3.85. The van der Waals surface area contributed by atoms with Crippen molar-refractivity contribution >= 4 is 0 Å². The molecule has 0 aromatic heterocycles. The molecule has 0 N–H and O–H groups in total. The minimum Gasteiger partial charge on any atom is -0.269 e. The van der Waals surface area contributed by atoms with Gasteiger partial charge in [0.1, 0.15) is 0 Å². The summed E-state index contributed by atoms with van der Waals surface area (Å²) < 4.78 is 0. The number of rotatable bonds is 2. The minimum absolute atomic E-state index is 0. The Kier molecular flexibility index (Phi) is 8.13. The zero-order valence-electron chi connectivity index (χ0n) is 13.3. The summed E-state index contributed by atoms with van der Waals surface area (Å²) in [5, 5.41) is 0. The zero-order chi connectivity index (χ0) is 13.8. The number of hydrogen-bond donors (Lipinski definition) is 0. The van der Waals surface area contributed by atoms with Crippen molar-refractivity contribution < 1.29 is 26.2 Å². The van der Waals surface area contributed by atoms with Gasteiger partial charge in [0.2, 0.25) is 0 Å². The summed E-state index contributed by atoms with van der Waals surface area (Å²) in [7, 11) is 0. The third kappa shape index (κ3) is 5.38. The summed E-state index contributed by atoms with van der Waals surface area (Å²) in [6.45, 7) is 13.1. The molecule has 0 fully saturated rings. The maximum atomic E-state index is 3.44. The average molecular weight is 334 g/mol. The third-order valence-corrected chi connectivity index (χ3v) is 3.85. The molecular formula is C18H26Zr. The molecule has 0 heterocycles. The van der Waals surface area contributed by atoms with Crippen LogP contribution in [0.5, 0.6) is 0 Å². The Hall–Kier alpha value is -0.157. The van der Waals surface area contributed by atoms with Crippen molar-refractivity contribution in [2.24, 2.45) is 5.41 Å². The van der Waals surface area contributed by atoms with Gasteiger partial charge in [-0.2, -0.15) is 17.2 Å². The molecule has 0 saturated heterocycles. The van der Waals surface area contributed by atoms with E-state index in [0.29, 0.717) is 0 Å². The van der Waals surface area contributed by atoms with Gasteiger partial charge in [0, 0.05) is 0 Å². The monoisotopic (exact) mass is 332 g/mol. The van der Waals surface area contributed by atoms with E-state index in [-0.39, 0.29) is 31.6 Å². The molecular weight excluding hydrogens is 307 g/mol. The molecule has 0 aromatic carbocycles. The van der Waals surface area contributed by atoms with E-state index < -0.39 is 0 Å². The maximum Gasteiger partial charge on any atom is 2.00 e. The van der Waals surface area contributed by atoms with Gasteiger partial charge >= 0.3 is 26.2 Å². The Morgan fingerprint density at radius 3 is 2.11 bits per heavy atom. The number of allylic oxidation sites excluding steroid dienone is 8. The van der Waals surface area contributed by atoms with E-state index >= 15 is 0 Å². The van der Waals surface area contributed by atoms with Gasteiger partial charge in [0.05, 0.1) is 0 Å². The maximum absolute atomic E-state index is 3.44. The number of hydrogen-bond acceptors (Lipinski definition) is 0. The molecule has 0 saturated carbocycles. The van der Waals surface area contributed by atoms with Gasteiger partial charge in [-0.15, -0.1) is 13.3 Å². The smallest absolute Gasteiger partial charge is 0.269 e. The Morgan fingerprint density at radius 2 is 1.84 bits per heavy atom. The van der Waals surface area contributed by atoms with E-state index in [1.807, 2.05) is 0 Å². The van der Waals surface area contributed by atoms with Crippen molar-refractivity contribution in [1.82, 2.24) is 0 Å². The van der Waals surface area contributed by atoms with E-state index in [1.54, 1.807) is 0 Å². The standard InChI is InChI=1S/C10H15.C8H11.Zr/c1-7-6-10(4,5)9(3)8(7)2;1-2-5-8-6-3-4-7-8;/h1-5H3;3,6H,2,4-5H2,1H3;/q2*-1;+2. The zero-order valence-corrected chi connectivity index (χ0v) is 15.7. The van der Waals surface area contributed by atoms with Gasteiger partial charge in [-0.1, -0.05) is 52.9 Å². The molecule has 0 aromatic rings. The fraction of sp³-hybridized carbons (Fsp3) is 0.556. The first-order chi connectivity index (χ1) is 8.38. The van der Waals surface area contributed by atoms with E-state index in [0.717, 1.165) is 6.42 Å². The van der Waals surface area contributed by atoms with Gasteiger partial charge in [-0.3, -0.25) is 12.2 Å². The van der Waals surface area contributed by atoms with E-state index in [1.165, 1.54) is 35.1 Å². The van der Waals surface area contributed by atoms with E-state index in [4.69, 9.17) is 0 Å². The SMILES string of the molecule is CC1=[C-]C(C)(C)C(C)=C1C.CCCC1=[C-]CC=C1.[Zr+2]. The first-order valence-electron chi connectivity index (χ1n) is 6.94. The van der Waals surface area contributed by atoms with Crippen LogP contribution in [-0.2, 0) is 26.2 Å². The van der Waals surface area contributed by atoms with Crippen molar-refractivity contribution in [3.05, 3.63) is 46.6 Å². The Balaban J connectivity index is 0.000000331. The van der Waals surface area contributed by atoms with Gasteiger partial charge in [0.15, 0.2) is 0 Å². The molecule has 0 atom stereocenters. The summed E-state index contributed by atoms with van der Waals surface area (Å²) in [5.41, 5.74) is 5.79. The molecule has 1 heteroatoms. The second kappa shape index (κ2) is 8.20. The topological polar surface area (TPSA) is 0 Å². The van der Waals surface area contributed by atoms with Crippen LogP contribution in [0.15, 0.2) is 34.4 Å². The van der Waals surface area contributed by atoms with E-state index in [9.17, 15) is 0 Å². The molecule has 102 valence electrons. The van der Waals surface area contributed by atoms with Crippen molar-refractivity contribution in [1.29, 1.82) is 0 Å². The quantitative estimate of drug-likeness (QED) is 0.578. The second-order valence-electron chi connectivity index (χ2n) is 5.68. The van der Waals surface area contributed by atoms with Crippen LogP contribution in [-0.4, -0.2) is 0 Å². The van der Waals surface area contributed by atoms with Crippen molar-refractivity contribution in [3.63, 3.8) is 0 Å². The molecule has 0 spiro atoms. The molecule has 0 aliphatic heterocycles. The van der Waals surface area contributed by atoms with E-state index in [2.05, 4.69) is 65.8 Å². The Labute approximate surface area is 138 Å². The molecule has 2 aliphatic rings. The second-order valence-corrected chi connectivity index (χ2v) is 5.68. The van der Waals surface area contributed by atoms with Gasteiger partial charge in [-0.05, 0) is 0 Å². The molecule has 0 unspecified atom stereocenters. The molecule has 19 heavy (non-hydrogen) atoms. The predicted molar refractivity (Wildman–Crippen MR) is 80.0 cm³/mol. The van der Waals surface area contributed by atoms with Gasteiger partial charge in [0.25, 0.3) is 0 Å². The summed E-state index contributed by atoms with van der Waals surface area (Å²) >= 11 is 0. The summed E-state index contributed by atoms with van der Waals surface area (Å²) in [5.74, 6) is 0. The summed E-state index contributed by atoms with van der Waals surface area (Å²) in [4.78, 5) is 0. The van der Waals surface area contributed by atoms with Crippen molar-refractivity contribution in [2.45, 2.75) is 60.8 Å². The van der Waals surface area contributed by atoms with Gasteiger partial charge in [-0.25, -0.2) is 17.2 Å². The molecule has 0 nitrogen and oxygen atoms in total. The van der Waals surface area contributed by atoms with Crippen molar-refractivity contribution in [3.8, 4) is 0 Å². The largest absolute Gasteiger partial charge is 2.00 e. The predicted octanol–water partition coefficient (Wildman–Crippen LogP) is 5.59. The average Bonchev–Trinajstić information content (AvgIpc) is 2.85. The molecule has 2 aliphatic carbocycles. The first-order valence-corrected chi connectivity index (χ1v) is 6.94. The first kappa shape index (κ1) is 18.8. The van der Waals surface area contributed by atoms with Crippen LogP contribution < -0.4 is 0 Å². The van der Waals surface area contributed by atoms with Crippen LogP contribution in [0.4, 0.5) is 0 Å². The van der Waals surface area contributed by atoms with Crippen molar-refractivity contribution in [2.75, 3.05) is 0 Å². The van der Waals surface area contributed by atoms with Crippen LogP contribution in [0, 0.1) is 17.6 Å². The molecule has 0 amide bonds. The Bertz CT molecular complexity index is 417. The molecule has 2 rings (SSSR count). The Morgan fingerprint density at radius 1 is 1.21 bits per heavy atom. The van der Waals surface area contributed by atoms with Crippen LogP contribution >= 0.6 is 0 Å². The minimum atomic E-state index is 0. The summed E-state index contributed by atoms with van der Waals surface area (Å²) in [6.07, 6.45) is 14.5. The van der Waals surface area contributed by atoms with Crippen LogP contribution in [0.1, 0.15) is 60.8 Å². The molecule has 0 radical (unpaired) electrons.